The molecule has 2 N–H and O–H groups in total. The summed E-state index contributed by atoms with van der Waals surface area (Å²) in [6, 6.07) is 5.63. The average Bonchev–Trinajstić information content (AvgIpc) is 2.85. The van der Waals surface area contributed by atoms with Crippen LogP contribution in [0, 0.1) is 0 Å². The number of amides is 2. The smallest absolute Gasteiger partial charge is 0.315 e. The van der Waals surface area contributed by atoms with Crippen LogP contribution in [0.1, 0.15) is 38.8 Å². The van der Waals surface area contributed by atoms with E-state index in [9.17, 15) is 4.79 Å². The van der Waals surface area contributed by atoms with E-state index in [1.807, 2.05) is 39.0 Å². The van der Waals surface area contributed by atoms with Gasteiger partial charge in [0, 0.05) is 6.04 Å². The predicted octanol–water partition coefficient (Wildman–Crippen LogP) is 2.57. The first-order valence-corrected chi connectivity index (χ1v) is 6.56. The number of rotatable bonds is 4. The molecule has 0 aromatic heterocycles. The highest BCUT2D eigenvalue weighted by molar-refractivity contribution is 5.74. The summed E-state index contributed by atoms with van der Waals surface area (Å²) in [5.41, 5.74) is 0.989. The average molecular weight is 264 g/mol. The first kappa shape index (κ1) is 13.5. The number of urea groups is 1. The third-order valence-electron chi connectivity index (χ3n) is 3.23. The molecule has 2 atom stereocenters. The molecule has 19 heavy (non-hydrogen) atoms. The molecule has 2 amide bonds. The van der Waals surface area contributed by atoms with E-state index in [2.05, 4.69) is 10.6 Å². The lowest BCUT2D eigenvalue weighted by Crippen LogP contribution is -2.41. The van der Waals surface area contributed by atoms with Crippen LogP contribution in [-0.4, -0.2) is 18.9 Å². The molecule has 104 valence electrons. The van der Waals surface area contributed by atoms with Crippen molar-refractivity contribution in [2.24, 2.45) is 0 Å². The van der Waals surface area contributed by atoms with E-state index < -0.39 is 0 Å². The first-order chi connectivity index (χ1) is 9.10. The van der Waals surface area contributed by atoms with Gasteiger partial charge in [-0.1, -0.05) is 13.0 Å². The normalized spacial score (nSPS) is 15.7. The zero-order valence-electron chi connectivity index (χ0n) is 11.5. The summed E-state index contributed by atoms with van der Waals surface area (Å²) in [6.07, 6.45) is 0.909. The number of hydrogen-bond acceptors (Lipinski definition) is 3. The molecular formula is C14H20N2O3. The Hall–Kier alpha value is -1.91. The van der Waals surface area contributed by atoms with Crippen molar-refractivity contribution in [2.45, 2.75) is 39.3 Å². The summed E-state index contributed by atoms with van der Waals surface area (Å²) < 4.78 is 10.6. The Morgan fingerprint density at radius 2 is 2.00 bits per heavy atom. The molecule has 2 rings (SSSR count). The van der Waals surface area contributed by atoms with Gasteiger partial charge in [-0.15, -0.1) is 0 Å². The minimum absolute atomic E-state index is 0.0847. The number of hydrogen-bond donors (Lipinski definition) is 2. The van der Waals surface area contributed by atoms with Crippen molar-refractivity contribution in [1.29, 1.82) is 0 Å². The first-order valence-electron chi connectivity index (χ1n) is 6.56. The summed E-state index contributed by atoms with van der Waals surface area (Å²) in [6.45, 7) is 6.21. The second-order valence-electron chi connectivity index (χ2n) is 4.76. The predicted molar refractivity (Wildman–Crippen MR) is 72.4 cm³/mol. The minimum Gasteiger partial charge on any atom is -0.454 e. The van der Waals surface area contributed by atoms with Gasteiger partial charge in [0.2, 0.25) is 6.79 Å². The molecule has 0 radical (unpaired) electrons. The van der Waals surface area contributed by atoms with E-state index in [4.69, 9.17) is 9.47 Å². The van der Waals surface area contributed by atoms with E-state index >= 15 is 0 Å². The number of fused-ring (bicyclic) bond motifs is 1. The largest absolute Gasteiger partial charge is 0.454 e. The van der Waals surface area contributed by atoms with E-state index in [1.54, 1.807) is 0 Å². The van der Waals surface area contributed by atoms with Crippen molar-refractivity contribution in [3.05, 3.63) is 23.8 Å². The molecule has 1 aromatic carbocycles. The van der Waals surface area contributed by atoms with Gasteiger partial charge in [0.05, 0.1) is 6.04 Å². The fourth-order valence-corrected chi connectivity index (χ4v) is 1.83. The molecule has 0 fully saturated rings. The number of carbonyl (C=O) groups excluding carboxylic acids is 1. The van der Waals surface area contributed by atoms with Gasteiger partial charge in [-0.3, -0.25) is 0 Å². The standard InChI is InChI=1S/C14H20N2O3/c1-4-9(2)15-14(17)16-10(3)11-5-6-12-13(7-11)19-8-18-12/h5-7,9-10H,4,8H2,1-3H3,(H2,15,16,17). The molecule has 1 aliphatic rings. The van der Waals surface area contributed by atoms with Crippen LogP contribution in [0.25, 0.3) is 0 Å². The van der Waals surface area contributed by atoms with Crippen LogP contribution in [0.15, 0.2) is 18.2 Å². The Morgan fingerprint density at radius 1 is 1.26 bits per heavy atom. The van der Waals surface area contributed by atoms with E-state index in [1.165, 1.54) is 0 Å². The highest BCUT2D eigenvalue weighted by atomic mass is 16.7. The van der Waals surface area contributed by atoms with Gasteiger partial charge < -0.3 is 20.1 Å². The van der Waals surface area contributed by atoms with E-state index in [0.717, 1.165) is 23.5 Å². The molecule has 1 aromatic rings. The fourth-order valence-electron chi connectivity index (χ4n) is 1.83. The van der Waals surface area contributed by atoms with Crippen molar-refractivity contribution >= 4 is 6.03 Å². The summed E-state index contributed by atoms with van der Waals surface area (Å²) in [7, 11) is 0. The molecule has 0 spiro atoms. The highest BCUT2D eigenvalue weighted by Crippen LogP contribution is 2.34. The summed E-state index contributed by atoms with van der Waals surface area (Å²) in [5.74, 6) is 1.48. The summed E-state index contributed by atoms with van der Waals surface area (Å²) in [5, 5.41) is 5.78. The van der Waals surface area contributed by atoms with Gasteiger partial charge >= 0.3 is 6.03 Å². The van der Waals surface area contributed by atoms with E-state index in [0.29, 0.717) is 0 Å². The molecule has 2 unspecified atom stereocenters. The zero-order valence-corrected chi connectivity index (χ0v) is 11.5. The Morgan fingerprint density at radius 3 is 2.74 bits per heavy atom. The maximum absolute atomic E-state index is 11.8. The molecule has 1 heterocycles. The van der Waals surface area contributed by atoms with Gasteiger partial charge in [0.1, 0.15) is 0 Å². The Labute approximate surface area is 113 Å². The summed E-state index contributed by atoms with van der Waals surface area (Å²) >= 11 is 0. The molecule has 0 aliphatic carbocycles. The van der Waals surface area contributed by atoms with Crippen LogP contribution in [0.4, 0.5) is 4.79 Å². The van der Waals surface area contributed by atoms with Crippen LogP contribution in [0.3, 0.4) is 0 Å². The lowest BCUT2D eigenvalue weighted by atomic mass is 10.1. The number of benzene rings is 1. The second-order valence-corrected chi connectivity index (χ2v) is 4.76. The molecule has 0 bridgehead atoms. The van der Waals surface area contributed by atoms with Crippen LogP contribution in [0.5, 0.6) is 11.5 Å². The molecule has 0 saturated heterocycles. The summed E-state index contributed by atoms with van der Waals surface area (Å²) in [4.78, 5) is 11.8. The monoisotopic (exact) mass is 264 g/mol. The maximum atomic E-state index is 11.8. The van der Waals surface area contributed by atoms with Crippen LogP contribution in [-0.2, 0) is 0 Å². The van der Waals surface area contributed by atoms with Crippen molar-refractivity contribution < 1.29 is 14.3 Å². The van der Waals surface area contributed by atoms with Gasteiger partial charge in [-0.25, -0.2) is 4.79 Å². The zero-order chi connectivity index (χ0) is 13.8. The molecule has 5 heteroatoms. The number of ether oxygens (including phenoxy) is 2. The number of nitrogens with one attached hydrogen (secondary N) is 2. The van der Waals surface area contributed by atoms with Crippen molar-refractivity contribution in [3.8, 4) is 11.5 Å². The van der Waals surface area contributed by atoms with Crippen molar-refractivity contribution in [2.75, 3.05) is 6.79 Å². The van der Waals surface area contributed by atoms with Crippen molar-refractivity contribution in [3.63, 3.8) is 0 Å². The lowest BCUT2D eigenvalue weighted by molar-refractivity contribution is 0.174. The molecular weight excluding hydrogens is 244 g/mol. The van der Waals surface area contributed by atoms with Crippen molar-refractivity contribution in [1.82, 2.24) is 10.6 Å². The van der Waals surface area contributed by atoms with Crippen LogP contribution in [0.2, 0.25) is 0 Å². The van der Waals surface area contributed by atoms with E-state index in [-0.39, 0.29) is 24.9 Å². The minimum atomic E-state index is -0.153. The van der Waals surface area contributed by atoms with Gasteiger partial charge in [0.25, 0.3) is 0 Å². The van der Waals surface area contributed by atoms with Gasteiger partial charge in [0.15, 0.2) is 11.5 Å². The molecule has 0 saturated carbocycles. The van der Waals surface area contributed by atoms with Gasteiger partial charge in [-0.2, -0.15) is 0 Å². The molecule has 1 aliphatic heterocycles. The quantitative estimate of drug-likeness (QED) is 0.878. The molecule has 5 nitrogen and oxygen atoms in total. The van der Waals surface area contributed by atoms with Crippen LogP contribution >= 0.6 is 0 Å². The fraction of sp³-hybridized carbons (Fsp3) is 0.500. The maximum Gasteiger partial charge on any atom is 0.315 e. The third-order valence-corrected chi connectivity index (χ3v) is 3.23. The Bertz CT molecular complexity index is 462. The lowest BCUT2D eigenvalue weighted by Gasteiger charge is -2.17. The number of carbonyl (C=O) groups is 1. The van der Waals surface area contributed by atoms with Crippen LogP contribution < -0.4 is 20.1 Å². The SMILES string of the molecule is CCC(C)NC(=O)NC(C)c1ccc2c(c1)OCO2. The Balaban J connectivity index is 1.96. The third kappa shape index (κ3) is 3.30. The Kier molecular flexibility index (Phi) is 4.14. The second kappa shape index (κ2) is 5.82. The van der Waals surface area contributed by atoms with Gasteiger partial charge in [-0.05, 0) is 38.0 Å². The highest BCUT2D eigenvalue weighted by Gasteiger charge is 2.17. The topological polar surface area (TPSA) is 59.6 Å².